The maximum Gasteiger partial charge on any atom is 0.365 e. The second kappa shape index (κ2) is 9.96. The molecule has 11 nitrogen and oxygen atoms in total. The van der Waals surface area contributed by atoms with Crippen molar-refractivity contribution >= 4 is 50.1 Å². The monoisotopic (exact) mass is 488 g/mol. The largest absolute Gasteiger partial charge is 0.466 e. The summed E-state index contributed by atoms with van der Waals surface area (Å²) in [6.07, 6.45) is 0.628. The van der Waals surface area contributed by atoms with Gasteiger partial charge in [-0.05, 0) is 18.8 Å². The molecule has 2 amide bonds. The number of nitrogens with zero attached hydrogens (tertiary/aromatic N) is 2. The van der Waals surface area contributed by atoms with Gasteiger partial charge in [0, 0.05) is 11.8 Å². The van der Waals surface area contributed by atoms with Crippen molar-refractivity contribution in [3.63, 3.8) is 0 Å². The first-order chi connectivity index (χ1) is 14.8. The predicted molar refractivity (Wildman–Crippen MR) is 118 cm³/mol. The molecule has 0 aliphatic carbocycles. The van der Waals surface area contributed by atoms with Gasteiger partial charge in [0.25, 0.3) is 11.8 Å². The van der Waals surface area contributed by atoms with Crippen molar-refractivity contribution in [1.82, 2.24) is 14.6 Å². The van der Waals surface area contributed by atoms with Crippen LogP contribution in [0.15, 0.2) is 12.0 Å². The van der Waals surface area contributed by atoms with Gasteiger partial charge in [0.2, 0.25) is 0 Å². The Kier molecular flexibility index (Phi) is 8.02. The summed E-state index contributed by atoms with van der Waals surface area (Å²) in [5.41, 5.74) is 5.21. The van der Waals surface area contributed by atoms with E-state index in [4.69, 9.17) is 14.7 Å². The molecule has 1 aliphatic heterocycles. The fourth-order valence-corrected chi connectivity index (χ4v) is 4.79. The average molecular weight is 489 g/mol. The summed E-state index contributed by atoms with van der Waals surface area (Å²) in [5, 5.41) is 4.29. The molecule has 2 rings (SSSR count). The van der Waals surface area contributed by atoms with Crippen molar-refractivity contribution in [3.8, 4) is 0 Å². The molecule has 13 heteroatoms. The lowest BCUT2D eigenvalue weighted by Crippen LogP contribution is -2.71. The third-order valence-electron chi connectivity index (χ3n) is 4.90. The first-order valence-corrected chi connectivity index (χ1v) is 12.1. The number of thiazole rings is 1. The van der Waals surface area contributed by atoms with Crippen LogP contribution in [-0.4, -0.2) is 60.8 Å². The maximum atomic E-state index is 12.5. The van der Waals surface area contributed by atoms with Crippen molar-refractivity contribution in [2.75, 3.05) is 18.9 Å². The van der Waals surface area contributed by atoms with Crippen LogP contribution >= 0.6 is 11.3 Å². The molecule has 0 saturated carbocycles. The number of rotatable bonds is 11. The quantitative estimate of drug-likeness (QED) is 0.264. The van der Waals surface area contributed by atoms with Gasteiger partial charge in [0.15, 0.2) is 5.13 Å². The van der Waals surface area contributed by atoms with Crippen LogP contribution in [0.4, 0.5) is 5.13 Å². The molecule has 1 aromatic rings. The molecular weight excluding hydrogens is 460 g/mol. The lowest BCUT2D eigenvalue weighted by molar-refractivity contribution is -0.145. The number of β-lactam (4-membered cyclic amide) rings is 1. The van der Waals surface area contributed by atoms with Crippen molar-refractivity contribution in [2.24, 2.45) is 5.41 Å². The fraction of sp³-hybridized carbons (Fsp3) is 0.579. The zero-order valence-corrected chi connectivity index (χ0v) is 20.0. The van der Waals surface area contributed by atoms with E-state index >= 15 is 0 Å². The molecule has 0 spiro atoms. The third kappa shape index (κ3) is 6.04. The second-order valence-electron chi connectivity index (χ2n) is 8.08. The van der Waals surface area contributed by atoms with Gasteiger partial charge in [0.05, 0.1) is 30.5 Å². The molecule has 1 aromatic heterocycles. The first-order valence-electron chi connectivity index (χ1n) is 9.88. The molecule has 1 saturated heterocycles. The van der Waals surface area contributed by atoms with Gasteiger partial charge in [-0.3, -0.25) is 18.6 Å². The first kappa shape index (κ1) is 25.7. The van der Waals surface area contributed by atoms with Crippen molar-refractivity contribution in [1.29, 1.82) is 0 Å². The number of carbonyl (C=O) groups excluding carboxylic acids is 3. The maximum absolute atomic E-state index is 12.5. The Hall–Kier alpha value is -2.51. The van der Waals surface area contributed by atoms with Crippen molar-refractivity contribution in [2.45, 2.75) is 52.6 Å². The highest BCUT2D eigenvalue weighted by Gasteiger charge is 2.52. The molecule has 3 N–H and O–H groups in total. The highest BCUT2D eigenvalue weighted by atomic mass is 32.2. The minimum atomic E-state index is -4.36. The SMILES string of the molecule is C=C(C(=O)N[C@@H]1C(=O)N(S(=O)(=O)OCC(C)(C)CCOC(=O)CC)[C@H]1C)c1csc(N)n1. The predicted octanol–water partition coefficient (Wildman–Crippen LogP) is 1.08. The molecule has 0 unspecified atom stereocenters. The fourth-order valence-electron chi connectivity index (χ4n) is 2.77. The van der Waals surface area contributed by atoms with E-state index in [0.29, 0.717) is 10.7 Å². The van der Waals surface area contributed by atoms with Crippen LogP contribution in [0.3, 0.4) is 0 Å². The lowest BCUT2D eigenvalue weighted by atomic mass is 9.91. The molecule has 0 bridgehead atoms. The zero-order chi connectivity index (χ0) is 24.3. The van der Waals surface area contributed by atoms with E-state index in [0.717, 1.165) is 11.3 Å². The second-order valence-corrected chi connectivity index (χ2v) is 10.5. The molecule has 0 radical (unpaired) electrons. The van der Waals surface area contributed by atoms with E-state index < -0.39 is 39.6 Å². The van der Waals surface area contributed by atoms with Crippen LogP contribution in [-0.2, 0) is 33.6 Å². The Morgan fingerprint density at radius 3 is 2.59 bits per heavy atom. The average Bonchev–Trinajstić information content (AvgIpc) is 3.16. The number of hydrogen-bond donors (Lipinski definition) is 2. The van der Waals surface area contributed by atoms with E-state index in [1.54, 1.807) is 26.2 Å². The van der Waals surface area contributed by atoms with Crippen LogP contribution in [0.25, 0.3) is 5.57 Å². The lowest BCUT2D eigenvalue weighted by Gasteiger charge is -2.43. The van der Waals surface area contributed by atoms with Gasteiger partial charge in [-0.1, -0.05) is 27.4 Å². The Morgan fingerprint density at radius 1 is 1.41 bits per heavy atom. The molecular formula is C19H28N4O7S2. The smallest absolute Gasteiger partial charge is 0.365 e. The highest BCUT2D eigenvalue weighted by molar-refractivity contribution is 7.85. The van der Waals surface area contributed by atoms with E-state index in [1.807, 2.05) is 0 Å². The van der Waals surface area contributed by atoms with Crippen LogP contribution in [0, 0.1) is 5.41 Å². The summed E-state index contributed by atoms with van der Waals surface area (Å²) in [5.74, 6) is -1.81. The van der Waals surface area contributed by atoms with Gasteiger partial charge >= 0.3 is 16.3 Å². The molecule has 178 valence electrons. The van der Waals surface area contributed by atoms with Crippen molar-refractivity contribution in [3.05, 3.63) is 17.7 Å². The molecule has 2 atom stereocenters. The van der Waals surface area contributed by atoms with Gasteiger partial charge < -0.3 is 15.8 Å². The van der Waals surface area contributed by atoms with Crippen LogP contribution in [0.5, 0.6) is 0 Å². The Labute approximate surface area is 191 Å². The summed E-state index contributed by atoms with van der Waals surface area (Å²) >= 11 is 1.14. The number of amides is 2. The molecule has 1 fully saturated rings. The van der Waals surface area contributed by atoms with Gasteiger partial charge in [-0.2, -0.15) is 8.42 Å². The number of anilines is 1. The number of esters is 1. The number of hydrogen-bond acceptors (Lipinski definition) is 10. The Bertz CT molecular complexity index is 1000. The summed E-state index contributed by atoms with van der Waals surface area (Å²) in [6.45, 7) is 10.2. The summed E-state index contributed by atoms with van der Waals surface area (Å²) in [4.78, 5) is 40.0. The Morgan fingerprint density at radius 2 is 2.06 bits per heavy atom. The van der Waals surface area contributed by atoms with E-state index in [-0.39, 0.29) is 42.0 Å². The van der Waals surface area contributed by atoms with Crippen LogP contribution in [0.2, 0.25) is 0 Å². The van der Waals surface area contributed by atoms with E-state index in [1.165, 1.54) is 6.92 Å². The third-order valence-corrected chi connectivity index (χ3v) is 6.98. The number of ether oxygens (including phenoxy) is 1. The highest BCUT2D eigenvalue weighted by Crippen LogP contribution is 2.28. The number of nitrogens with one attached hydrogen (secondary N) is 1. The molecule has 1 aliphatic rings. The van der Waals surface area contributed by atoms with Gasteiger partial charge in [-0.15, -0.1) is 11.3 Å². The zero-order valence-electron chi connectivity index (χ0n) is 18.4. The normalized spacial score (nSPS) is 18.8. The molecule has 2 heterocycles. The Balaban J connectivity index is 1.91. The van der Waals surface area contributed by atoms with Gasteiger partial charge in [0.1, 0.15) is 6.04 Å². The van der Waals surface area contributed by atoms with Crippen molar-refractivity contribution < 1.29 is 31.7 Å². The molecule has 0 aromatic carbocycles. The summed E-state index contributed by atoms with van der Waals surface area (Å²) in [7, 11) is -4.36. The van der Waals surface area contributed by atoms with Gasteiger partial charge in [-0.25, -0.2) is 9.29 Å². The molecule has 32 heavy (non-hydrogen) atoms. The summed E-state index contributed by atoms with van der Waals surface area (Å²) < 4.78 is 35.8. The minimum absolute atomic E-state index is 0.0148. The van der Waals surface area contributed by atoms with Crippen LogP contribution < -0.4 is 11.1 Å². The summed E-state index contributed by atoms with van der Waals surface area (Å²) in [6, 6.07) is -1.89. The van der Waals surface area contributed by atoms with Crippen LogP contribution in [0.1, 0.15) is 46.2 Å². The minimum Gasteiger partial charge on any atom is -0.466 e. The number of carbonyl (C=O) groups is 3. The van der Waals surface area contributed by atoms with E-state index in [2.05, 4.69) is 16.9 Å². The van der Waals surface area contributed by atoms with E-state index in [9.17, 15) is 22.8 Å². The standard InChI is InChI=1S/C19H28N4O7S2/c1-6-14(24)29-8-7-19(4,5)10-30-32(27,28)23-12(3)15(17(23)26)22-16(25)11(2)13-9-31-18(20)21-13/h9,12,15H,2,6-8,10H2,1,3-5H3,(H2,20,21)(H,22,25)/t12-,15-/m0/s1. The number of aromatic nitrogens is 1. The topological polar surface area (TPSA) is 158 Å². The number of nitrogens with two attached hydrogens (primary N) is 1. The number of nitrogen functional groups attached to an aromatic ring is 1.